The number of aromatic nitrogens is 6. The standard InChI is InChI=1S/C10H18O.2C9H15N3O/c1-4-10(5-6-10)9(11)7-8(2)3;2*1-8(2)5-9(13)3-4-12-7-10-6-11-12/h8H,4-7H2,1-3H3;2*6-8H,3-5H2,1-2H3. The normalized spacial score (nSPS) is 13.6. The maximum absolute atomic E-state index is 11.6. The molecule has 9 heteroatoms. The molecule has 9 nitrogen and oxygen atoms in total. The highest BCUT2D eigenvalue weighted by molar-refractivity contribution is 5.87. The Hall–Kier alpha value is -2.71. The molecule has 208 valence electrons. The van der Waals surface area contributed by atoms with E-state index in [4.69, 9.17) is 0 Å². The second-order valence-electron chi connectivity index (χ2n) is 11.2. The van der Waals surface area contributed by atoms with Gasteiger partial charge >= 0.3 is 0 Å². The van der Waals surface area contributed by atoms with Crippen molar-refractivity contribution in [3.63, 3.8) is 0 Å². The lowest BCUT2D eigenvalue weighted by molar-refractivity contribution is -0.125. The summed E-state index contributed by atoms with van der Waals surface area (Å²) in [4.78, 5) is 41.7. The second-order valence-corrected chi connectivity index (χ2v) is 11.2. The molecule has 3 rings (SSSR count). The minimum absolute atomic E-state index is 0.143. The van der Waals surface area contributed by atoms with Crippen LogP contribution in [0.1, 0.15) is 99.8 Å². The highest BCUT2D eigenvalue weighted by Crippen LogP contribution is 2.50. The lowest BCUT2D eigenvalue weighted by Crippen LogP contribution is -2.16. The molecule has 0 atom stereocenters. The van der Waals surface area contributed by atoms with Crippen molar-refractivity contribution < 1.29 is 14.4 Å². The van der Waals surface area contributed by atoms with Gasteiger partial charge in [-0.3, -0.25) is 23.7 Å². The molecule has 1 aliphatic carbocycles. The van der Waals surface area contributed by atoms with E-state index < -0.39 is 0 Å². The fourth-order valence-corrected chi connectivity index (χ4v) is 3.86. The molecule has 1 fully saturated rings. The van der Waals surface area contributed by atoms with E-state index in [-0.39, 0.29) is 5.41 Å². The molecule has 1 saturated carbocycles. The molecule has 0 aliphatic heterocycles. The summed E-state index contributed by atoms with van der Waals surface area (Å²) in [6.45, 7) is 15.8. The first-order valence-corrected chi connectivity index (χ1v) is 13.7. The first kappa shape index (κ1) is 32.3. The summed E-state index contributed by atoms with van der Waals surface area (Å²) >= 11 is 0. The Morgan fingerprint density at radius 3 is 1.41 bits per heavy atom. The van der Waals surface area contributed by atoms with Gasteiger partial charge in [-0.1, -0.05) is 48.5 Å². The van der Waals surface area contributed by atoms with E-state index in [2.05, 4.69) is 40.9 Å². The topological polar surface area (TPSA) is 113 Å². The Balaban J connectivity index is 0.000000279. The number of ketones is 3. The van der Waals surface area contributed by atoms with Crippen LogP contribution in [0.5, 0.6) is 0 Å². The fourth-order valence-electron chi connectivity index (χ4n) is 3.86. The van der Waals surface area contributed by atoms with Gasteiger partial charge in [0, 0.05) is 50.6 Å². The summed E-state index contributed by atoms with van der Waals surface area (Å²) in [6, 6.07) is 0. The van der Waals surface area contributed by atoms with Crippen LogP contribution >= 0.6 is 0 Å². The third kappa shape index (κ3) is 14.6. The van der Waals surface area contributed by atoms with Gasteiger partial charge in [-0.25, -0.2) is 9.97 Å². The Morgan fingerprint density at radius 2 is 1.14 bits per heavy atom. The number of rotatable bonds is 14. The summed E-state index contributed by atoms with van der Waals surface area (Å²) in [7, 11) is 0. The highest BCUT2D eigenvalue weighted by atomic mass is 16.1. The van der Waals surface area contributed by atoms with Crippen molar-refractivity contribution >= 4 is 17.3 Å². The molecular weight excluding hydrogens is 468 g/mol. The molecular formula is C28H48N6O3. The van der Waals surface area contributed by atoms with Crippen molar-refractivity contribution in [1.82, 2.24) is 29.5 Å². The van der Waals surface area contributed by atoms with Gasteiger partial charge < -0.3 is 0 Å². The first-order valence-electron chi connectivity index (χ1n) is 13.7. The van der Waals surface area contributed by atoms with Crippen LogP contribution in [0, 0.1) is 23.2 Å². The number of aryl methyl sites for hydroxylation is 2. The molecule has 2 aromatic heterocycles. The third-order valence-electron chi connectivity index (χ3n) is 6.16. The van der Waals surface area contributed by atoms with Gasteiger partial charge in [-0.05, 0) is 37.0 Å². The number of carbonyl (C=O) groups is 3. The van der Waals surface area contributed by atoms with E-state index in [0.717, 1.165) is 25.7 Å². The van der Waals surface area contributed by atoms with Gasteiger partial charge in [0.25, 0.3) is 0 Å². The van der Waals surface area contributed by atoms with Gasteiger partial charge in [0.2, 0.25) is 0 Å². The highest BCUT2D eigenvalue weighted by Gasteiger charge is 2.46. The minimum atomic E-state index is 0.143. The molecule has 0 bridgehead atoms. The van der Waals surface area contributed by atoms with Crippen LogP contribution in [0.4, 0.5) is 0 Å². The molecule has 0 saturated heterocycles. The Labute approximate surface area is 222 Å². The lowest BCUT2D eigenvalue weighted by Gasteiger charge is -2.11. The molecule has 0 unspecified atom stereocenters. The molecule has 0 spiro atoms. The zero-order valence-electron chi connectivity index (χ0n) is 24.0. The summed E-state index contributed by atoms with van der Waals surface area (Å²) in [5, 5.41) is 7.84. The van der Waals surface area contributed by atoms with E-state index in [9.17, 15) is 14.4 Å². The predicted octanol–water partition coefficient (Wildman–Crippen LogP) is 5.36. The molecule has 0 aromatic carbocycles. The smallest absolute Gasteiger partial charge is 0.139 e. The molecule has 0 amide bonds. The molecule has 37 heavy (non-hydrogen) atoms. The SMILES string of the molecule is CC(C)CC(=O)CCn1cncn1.CC(C)CC(=O)CCn1cncn1.CCC1(C(=O)CC(C)C)CC1. The van der Waals surface area contributed by atoms with Gasteiger partial charge in [0.1, 0.15) is 42.7 Å². The zero-order valence-corrected chi connectivity index (χ0v) is 24.0. The maximum Gasteiger partial charge on any atom is 0.139 e. The second kappa shape index (κ2) is 16.9. The largest absolute Gasteiger partial charge is 0.300 e. The van der Waals surface area contributed by atoms with Crippen LogP contribution in [-0.4, -0.2) is 46.9 Å². The molecule has 2 heterocycles. The molecule has 0 radical (unpaired) electrons. The van der Waals surface area contributed by atoms with E-state index in [1.54, 1.807) is 22.0 Å². The average molecular weight is 517 g/mol. The number of Topliss-reactive ketones (excluding diaryl/α,β-unsaturated/α-hetero) is 3. The predicted molar refractivity (Wildman–Crippen MR) is 145 cm³/mol. The number of hydrogen-bond donors (Lipinski definition) is 0. The summed E-state index contributed by atoms with van der Waals surface area (Å²) < 4.78 is 3.36. The number of hydrogen-bond acceptors (Lipinski definition) is 7. The van der Waals surface area contributed by atoms with Crippen LogP contribution in [0.15, 0.2) is 25.3 Å². The van der Waals surface area contributed by atoms with Crippen molar-refractivity contribution in [3.8, 4) is 0 Å². The number of nitrogens with zero attached hydrogens (tertiary/aromatic N) is 6. The Morgan fingerprint density at radius 1 is 0.730 bits per heavy atom. The van der Waals surface area contributed by atoms with E-state index >= 15 is 0 Å². The summed E-state index contributed by atoms with van der Waals surface area (Å²) in [5.74, 6) is 2.53. The molecule has 2 aromatic rings. The molecule has 1 aliphatic rings. The van der Waals surface area contributed by atoms with Crippen LogP contribution < -0.4 is 0 Å². The van der Waals surface area contributed by atoms with E-state index in [1.807, 2.05) is 27.7 Å². The van der Waals surface area contributed by atoms with Gasteiger partial charge in [-0.15, -0.1) is 0 Å². The zero-order chi connectivity index (χ0) is 27.8. The van der Waals surface area contributed by atoms with E-state index in [1.165, 1.54) is 12.7 Å². The van der Waals surface area contributed by atoms with Gasteiger partial charge in [-0.2, -0.15) is 10.2 Å². The summed E-state index contributed by atoms with van der Waals surface area (Å²) in [6.07, 6.45) is 12.8. The Kier molecular flexibility index (Phi) is 14.8. The van der Waals surface area contributed by atoms with Crippen molar-refractivity contribution in [2.75, 3.05) is 0 Å². The lowest BCUT2D eigenvalue weighted by atomic mass is 9.91. The van der Waals surface area contributed by atoms with Crippen molar-refractivity contribution in [2.24, 2.45) is 23.2 Å². The quantitative estimate of drug-likeness (QED) is 0.332. The first-order chi connectivity index (χ1) is 17.5. The van der Waals surface area contributed by atoms with Gasteiger partial charge in [0.15, 0.2) is 0 Å². The minimum Gasteiger partial charge on any atom is -0.300 e. The van der Waals surface area contributed by atoms with Crippen molar-refractivity contribution in [1.29, 1.82) is 0 Å². The average Bonchev–Trinajstić information content (AvgIpc) is 3.18. The van der Waals surface area contributed by atoms with Gasteiger partial charge in [0.05, 0.1) is 0 Å². The number of carbonyl (C=O) groups excluding carboxylic acids is 3. The summed E-state index contributed by atoms with van der Waals surface area (Å²) in [5.41, 5.74) is 0.143. The fraction of sp³-hybridized carbons (Fsp3) is 0.750. The monoisotopic (exact) mass is 516 g/mol. The van der Waals surface area contributed by atoms with Crippen LogP contribution in [0.25, 0.3) is 0 Å². The van der Waals surface area contributed by atoms with Crippen LogP contribution in [0.2, 0.25) is 0 Å². The Bertz CT molecular complexity index is 844. The van der Waals surface area contributed by atoms with E-state index in [0.29, 0.717) is 73.9 Å². The van der Waals surface area contributed by atoms with Crippen LogP contribution in [-0.2, 0) is 27.5 Å². The van der Waals surface area contributed by atoms with Crippen LogP contribution in [0.3, 0.4) is 0 Å². The molecule has 0 N–H and O–H groups in total. The van der Waals surface area contributed by atoms with Crippen molar-refractivity contribution in [3.05, 3.63) is 25.3 Å². The van der Waals surface area contributed by atoms with Crippen molar-refractivity contribution in [2.45, 2.75) is 113 Å². The third-order valence-corrected chi connectivity index (χ3v) is 6.16. The maximum atomic E-state index is 11.6.